The second-order valence-corrected chi connectivity index (χ2v) is 6.19. The first-order valence-corrected chi connectivity index (χ1v) is 8.60. The molecule has 0 atom stereocenters. The van der Waals surface area contributed by atoms with E-state index in [0.717, 1.165) is 33.5 Å². The first-order valence-electron chi connectivity index (χ1n) is 8.60. The van der Waals surface area contributed by atoms with Crippen LogP contribution in [0, 0.1) is 0 Å². The van der Waals surface area contributed by atoms with Crippen LogP contribution >= 0.6 is 0 Å². The Morgan fingerprint density at radius 2 is 1.67 bits per heavy atom. The van der Waals surface area contributed by atoms with Crippen molar-refractivity contribution in [2.24, 2.45) is 0 Å². The zero-order valence-electron chi connectivity index (χ0n) is 14.5. The lowest BCUT2D eigenvalue weighted by molar-refractivity contribution is 0.0697. The fraction of sp³-hybridized carbons (Fsp3) is 0.0435. The Kier molecular flexibility index (Phi) is 4.54. The highest BCUT2D eigenvalue weighted by molar-refractivity contribution is 5.89. The number of pyridine rings is 1. The Hall–Kier alpha value is -3.66. The van der Waals surface area contributed by atoms with Crippen LogP contribution < -0.4 is 4.74 Å². The van der Waals surface area contributed by atoms with E-state index < -0.39 is 5.97 Å². The summed E-state index contributed by atoms with van der Waals surface area (Å²) < 4.78 is 5.84. The van der Waals surface area contributed by atoms with E-state index in [1.165, 1.54) is 0 Å². The summed E-state index contributed by atoms with van der Waals surface area (Å²) in [7, 11) is 0. The van der Waals surface area contributed by atoms with Gasteiger partial charge in [-0.15, -0.1) is 0 Å². The summed E-state index contributed by atoms with van der Waals surface area (Å²) in [5.41, 5.74) is 3.89. The number of aromatic carboxylic acids is 1. The number of rotatable bonds is 5. The van der Waals surface area contributed by atoms with Crippen molar-refractivity contribution in [3.8, 4) is 16.9 Å². The molecule has 0 aliphatic heterocycles. The molecule has 0 bridgehead atoms. The average molecular weight is 355 g/mol. The number of carbonyl (C=O) groups is 1. The van der Waals surface area contributed by atoms with Crippen LogP contribution in [0.15, 0.2) is 84.9 Å². The van der Waals surface area contributed by atoms with Gasteiger partial charge < -0.3 is 9.84 Å². The fourth-order valence-electron chi connectivity index (χ4n) is 2.92. The third-order valence-corrected chi connectivity index (χ3v) is 4.34. The lowest BCUT2D eigenvalue weighted by atomic mass is 10.0. The molecule has 0 aliphatic rings. The quantitative estimate of drug-likeness (QED) is 0.536. The summed E-state index contributed by atoms with van der Waals surface area (Å²) in [6.07, 6.45) is 0. The van der Waals surface area contributed by atoms with Crippen molar-refractivity contribution in [3.63, 3.8) is 0 Å². The predicted molar refractivity (Wildman–Crippen MR) is 105 cm³/mol. The highest BCUT2D eigenvalue weighted by Crippen LogP contribution is 2.24. The van der Waals surface area contributed by atoms with Gasteiger partial charge in [-0.3, -0.25) is 0 Å². The highest BCUT2D eigenvalue weighted by Gasteiger charge is 2.05. The Morgan fingerprint density at radius 3 is 2.48 bits per heavy atom. The van der Waals surface area contributed by atoms with Gasteiger partial charge >= 0.3 is 5.97 Å². The Bertz CT molecular complexity index is 1100. The van der Waals surface area contributed by atoms with Gasteiger partial charge in [-0.25, -0.2) is 9.78 Å². The van der Waals surface area contributed by atoms with E-state index in [1.54, 1.807) is 18.2 Å². The summed E-state index contributed by atoms with van der Waals surface area (Å²) in [5, 5.41) is 10.2. The number of hydrogen-bond donors (Lipinski definition) is 1. The van der Waals surface area contributed by atoms with Gasteiger partial charge in [0.15, 0.2) is 0 Å². The largest absolute Gasteiger partial charge is 0.487 e. The summed E-state index contributed by atoms with van der Waals surface area (Å²) in [6.45, 7) is 0.388. The number of para-hydroxylation sites is 1. The van der Waals surface area contributed by atoms with Crippen molar-refractivity contribution < 1.29 is 14.6 Å². The maximum atomic E-state index is 11.1. The smallest absolute Gasteiger partial charge is 0.335 e. The van der Waals surface area contributed by atoms with Gasteiger partial charge in [0.25, 0.3) is 0 Å². The Balaban J connectivity index is 1.47. The molecule has 4 heteroatoms. The molecule has 132 valence electrons. The van der Waals surface area contributed by atoms with E-state index in [1.807, 2.05) is 66.7 Å². The van der Waals surface area contributed by atoms with Crippen molar-refractivity contribution >= 4 is 16.9 Å². The SMILES string of the molecule is O=C(O)c1cccc(-c2ccc(OCc3ccc4ccccc4n3)cc2)c1. The van der Waals surface area contributed by atoms with Crippen LogP contribution in [-0.4, -0.2) is 16.1 Å². The molecule has 0 amide bonds. The predicted octanol–water partition coefficient (Wildman–Crippen LogP) is 5.18. The molecule has 4 nitrogen and oxygen atoms in total. The number of aromatic nitrogens is 1. The lowest BCUT2D eigenvalue weighted by Gasteiger charge is -2.08. The number of fused-ring (bicyclic) bond motifs is 1. The number of ether oxygens (including phenoxy) is 1. The molecule has 0 spiro atoms. The summed E-state index contributed by atoms with van der Waals surface area (Å²) in [6, 6.07) is 26.5. The van der Waals surface area contributed by atoms with Crippen molar-refractivity contribution in [1.29, 1.82) is 0 Å². The zero-order chi connectivity index (χ0) is 18.6. The van der Waals surface area contributed by atoms with Gasteiger partial charge in [0.05, 0.1) is 16.8 Å². The summed E-state index contributed by atoms with van der Waals surface area (Å²) >= 11 is 0. The maximum absolute atomic E-state index is 11.1. The first kappa shape index (κ1) is 16.8. The molecular formula is C23H17NO3. The molecule has 0 aliphatic carbocycles. The Labute approximate surface area is 156 Å². The molecule has 3 aromatic carbocycles. The van der Waals surface area contributed by atoms with Crippen LogP contribution in [-0.2, 0) is 6.61 Å². The molecule has 0 saturated carbocycles. The third-order valence-electron chi connectivity index (χ3n) is 4.34. The van der Waals surface area contributed by atoms with Crippen LogP contribution in [0.3, 0.4) is 0 Å². The van der Waals surface area contributed by atoms with E-state index in [4.69, 9.17) is 9.84 Å². The summed E-state index contributed by atoms with van der Waals surface area (Å²) in [4.78, 5) is 15.7. The molecule has 27 heavy (non-hydrogen) atoms. The molecule has 1 heterocycles. The number of benzene rings is 3. The molecule has 0 fully saturated rings. The Morgan fingerprint density at radius 1 is 0.852 bits per heavy atom. The van der Waals surface area contributed by atoms with Crippen LogP contribution in [0.1, 0.15) is 16.1 Å². The van der Waals surface area contributed by atoms with E-state index in [-0.39, 0.29) is 5.56 Å². The van der Waals surface area contributed by atoms with Crippen molar-refractivity contribution in [3.05, 3.63) is 96.2 Å². The van der Waals surface area contributed by atoms with Crippen molar-refractivity contribution in [1.82, 2.24) is 4.98 Å². The zero-order valence-corrected chi connectivity index (χ0v) is 14.5. The molecule has 1 N–H and O–H groups in total. The first-order chi connectivity index (χ1) is 13.2. The van der Waals surface area contributed by atoms with Crippen molar-refractivity contribution in [2.75, 3.05) is 0 Å². The van der Waals surface area contributed by atoms with Crippen molar-refractivity contribution in [2.45, 2.75) is 6.61 Å². The average Bonchev–Trinajstić information content (AvgIpc) is 2.72. The van der Waals surface area contributed by atoms with Gasteiger partial charge in [0.1, 0.15) is 12.4 Å². The number of carboxylic acids is 1. The van der Waals surface area contributed by atoms with Gasteiger partial charge in [-0.2, -0.15) is 0 Å². The van der Waals surface area contributed by atoms with E-state index in [2.05, 4.69) is 4.98 Å². The van der Waals surface area contributed by atoms with Crippen LogP contribution in [0.2, 0.25) is 0 Å². The normalized spacial score (nSPS) is 10.7. The molecular weight excluding hydrogens is 338 g/mol. The highest BCUT2D eigenvalue weighted by atomic mass is 16.5. The minimum Gasteiger partial charge on any atom is -0.487 e. The van der Waals surface area contributed by atoms with Crippen LogP contribution in [0.25, 0.3) is 22.0 Å². The van der Waals surface area contributed by atoms with E-state index in [9.17, 15) is 4.79 Å². The van der Waals surface area contributed by atoms with Crippen LogP contribution in [0.4, 0.5) is 0 Å². The lowest BCUT2D eigenvalue weighted by Crippen LogP contribution is -1.98. The minimum atomic E-state index is -0.931. The number of hydrogen-bond acceptors (Lipinski definition) is 3. The van der Waals surface area contributed by atoms with E-state index >= 15 is 0 Å². The molecule has 1 aromatic heterocycles. The molecule has 4 rings (SSSR count). The number of nitrogens with zero attached hydrogens (tertiary/aromatic N) is 1. The minimum absolute atomic E-state index is 0.273. The third kappa shape index (κ3) is 3.80. The van der Waals surface area contributed by atoms with E-state index in [0.29, 0.717) is 6.61 Å². The molecule has 4 aromatic rings. The molecule has 0 unspecified atom stereocenters. The molecule has 0 radical (unpaired) electrons. The second-order valence-electron chi connectivity index (χ2n) is 6.19. The fourth-order valence-corrected chi connectivity index (χ4v) is 2.92. The molecule has 0 saturated heterocycles. The topological polar surface area (TPSA) is 59.4 Å². The number of carboxylic acid groups (broad SMARTS) is 1. The van der Waals surface area contributed by atoms with Crippen LogP contribution in [0.5, 0.6) is 5.75 Å². The van der Waals surface area contributed by atoms with Gasteiger partial charge in [0.2, 0.25) is 0 Å². The second kappa shape index (κ2) is 7.30. The monoisotopic (exact) mass is 355 g/mol. The van der Waals surface area contributed by atoms with Gasteiger partial charge in [-0.1, -0.05) is 48.5 Å². The maximum Gasteiger partial charge on any atom is 0.335 e. The standard InChI is InChI=1S/C23H17NO3/c25-23(26)19-6-3-5-18(14-19)16-9-12-21(13-10-16)27-15-20-11-8-17-4-1-2-7-22(17)24-20/h1-14H,15H2,(H,25,26). The van der Waals surface area contributed by atoms with Gasteiger partial charge in [0, 0.05) is 5.39 Å². The summed E-state index contributed by atoms with van der Waals surface area (Å²) in [5.74, 6) is -0.192. The van der Waals surface area contributed by atoms with Gasteiger partial charge in [-0.05, 0) is 47.5 Å².